The van der Waals surface area contributed by atoms with Gasteiger partial charge >= 0.3 is 5.69 Å². The zero-order valence-corrected chi connectivity index (χ0v) is 15.9. The Morgan fingerprint density at radius 3 is 2.23 bits per heavy atom. The number of nitrogens with zero attached hydrogens (tertiary/aromatic N) is 4. The molecule has 8 nitrogen and oxygen atoms in total. The fourth-order valence-electron chi connectivity index (χ4n) is 2.07. The van der Waals surface area contributed by atoms with Crippen molar-refractivity contribution in [2.45, 2.75) is 0 Å². The summed E-state index contributed by atoms with van der Waals surface area (Å²) in [7, 11) is 0. The highest BCUT2D eigenvalue weighted by Crippen LogP contribution is 2.34. The maximum atomic E-state index is 11.6. The molecule has 0 fully saturated rings. The van der Waals surface area contributed by atoms with E-state index < -0.39 is 4.92 Å². The van der Waals surface area contributed by atoms with Gasteiger partial charge in [0.05, 0.1) is 4.92 Å². The van der Waals surface area contributed by atoms with E-state index in [1.54, 1.807) is 36.5 Å². The average molecular weight is 456 g/mol. The van der Waals surface area contributed by atoms with Crippen LogP contribution in [-0.4, -0.2) is 19.9 Å². The molecule has 2 N–H and O–H groups in total. The molecule has 2 heterocycles. The van der Waals surface area contributed by atoms with E-state index >= 15 is 0 Å². The van der Waals surface area contributed by atoms with E-state index in [1.807, 2.05) is 0 Å². The lowest BCUT2D eigenvalue weighted by molar-refractivity contribution is -0.383. The lowest BCUT2D eigenvalue weighted by Crippen LogP contribution is -2.06. The van der Waals surface area contributed by atoms with Crippen LogP contribution in [0.15, 0.2) is 47.3 Å². The van der Waals surface area contributed by atoms with E-state index in [0.717, 1.165) is 4.47 Å². The summed E-state index contributed by atoms with van der Waals surface area (Å²) in [5.41, 5.74) is 0.116. The van der Waals surface area contributed by atoms with E-state index in [1.165, 1.54) is 6.33 Å². The molecule has 0 amide bonds. The van der Waals surface area contributed by atoms with Gasteiger partial charge in [-0.1, -0.05) is 23.2 Å². The molecule has 2 aromatic heterocycles. The van der Waals surface area contributed by atoms with E-state index in [9.17, 15) is 10.1 Å². The molecule has 0 aliphatic heterocycles. The third kappa shape index (κ3) is 4.37. The summed E-state index contributed by atoms with van der Waals surface area (Å²) in [5, 5.41) is 18.0. The first-order chi connectivity index (χ1) is 12.4. The quantitative estimate of drug-likeness (QED) is 0.395. The van der Waals surface area contributed by atoms with Gasteiger partial charge in [0.2, 0.25) is 11.6 Å². The van der Waals surface area contributed by atoms with Gasteiger partial charge in [0.1, 0.15) is 12.1 Å². The van der Waals surface area contributed by atoms with Crippen LogP contribution in [0.1, 0.15) is 0 Å². The van der Waals surface area contributed by atoms with Crippen molar-refractivity contribution in [3.63, 3.8) is 0 Å². The van der Waals surface area contributed by atoms with Gasteiger partial charge in [0.25, 0.3) is 0 Å². The van der Waals surface area contributed by atoms with Crippen LogP contribution in [0.2, 0.25) is 10.0 Å². The molecule has 11 heteroatoms. The molecule has 0 saturated heterocycles. The first kappa shape index (κ1) is 18.3. The van der Waals surface area contributed by atoms with Crippen LogP contribution in [0.5, 0.6) is 0 Å². The number of hydrogen-bond donors (Lipinski definition) is 2. The minimum absolute atomic E-state index is 0.00422. The van der Waals surface area contributed by atoms with Gasteiger partial charge in [-0.3, -0.25) is 10.1 Å². The molecule has 26 heavy (non-hydrogen) atoms. The molecule has 0 atom stereocenters. The van der Waals surface area contributed by atoms with Crippen molar-refractivity contribution in [1.82, 2.24) is 15.0 Å². The Hall–Kier alpha value is -2.49. The van der Waals surface area contributed by atoms with E-state index in [2.05, 4.69) is 41.5 Å². The molecule has 132 valence electrons. The van der Waals surface area contributed by atoms with E-state index in [0.29, 0.717) is 21.6 Å². The van der Waals surface area contributed by atoms with E-state index in [-0.39, 0.29) is 17.3 Å². The van der Waals surface area contributed by atoms with Gasteiger partial charge < -0.3 is 10.6 Å². The van der Waals surface area contributed by atoms with Crippen LogP contribution in [0.4, 0.5) is 28.8 Å². The van der Waals surface area contributed by atoms with Gasteiger partial charge in [0.15, 0.2) is 0 Å². The SMILES string of the molecule is O=[N+]([O-])c1c(Nc2cc(Cl)cc(Cl)c2)ncnc1Nc1ccc(Br)cn1. The molecular weight excluding hydrogens is 447 g/mol. The van der Waals surface area contributed by atoms with Crippen LogP contribution in [0, 0.1) is 10.1 Å². The number of nitrogens with one attached hydrogen (secondary N) is 2. The topological polar surface area (TPSA) is 106 Å². The van der Waals surface area contributed by atoms with Gasteiger partial charge in [-0.25, -0.2) is 15.0 Å². The number of aromatic nitrogens is 3. The fourth-order valence-corrected chi connectivity index (χ4v) is 2.83. The summed E-state index contributed by atoms with van der Waals surface area (Å²) < 4.78 is 0.778. The standard InChI is InChI=1S/C15H9BrCl2N6O2/c16-8-1-2-12(19-6-8)23-15-13(24(25)26)14(20-7-21-15)22-11-4-9(17)3-10(18)5-11/h1-7H,(H2,19,20,21,22,23). The molecule has 3 rings (SSSR count). The molecule has 0 saturated carbocycles. The molecular formula is C15H9BrCl2N6O2. The van der Waals surface area contributed by atoms with Crippen LogP contribution in [0.3, 0.4) is 0 Å². The van der Waals surface area contributed by atoms with Gasteiger partial charge in [-0.05, 0) is 46.3 Å². The second-order valence-corrected chi connectivity index (χ2v) is 6.73. The van der Waals surface area contributed by atoms with Crippen molar-refractivity contribution < 1.29 is 4.92 Å². The molecule has 0 aliphatic carbocycles. The summed E-state index contributed by atoms with van der Waals surface area (Å²) in [6, 6.07) is 8.09. The molecule has 3 aromatic rings. The van der Waals surface area contributed by atoms with Crippen LogP contribution >= 0.6 is 39.1 Å². The Morgan fingerprint density at radius 2 is 1.65 bits per heavy atom. The molecule has 0 spiro atoms. The predicted octanol–water partition coefficient (Wildman–Crippen LogP) is 5.34. The van der Waals surface area contributed by atoms with Gasteiger partial charge in [-0.2, -0.15) is 0 Å². The second kappa shape index (κ2) is 7.81. The summed E-state index contributed by atoms with van der Waals surface area (Å²) in [5.74, 6) is 0.380. The summed E-state index contributed by atoms with van der Waals surface area (Å²) in [4.78, 5) is 23.0. The fraction of sp³-hybridized carbons (Fsp3) is 0. The normalized spacial score (nSPS) is 10.4. The maximum Gasteiger partial charge on any atom is 0.353 e. The summed E-state index contributed by atoms with van der Waals surface area (Å²) in [6.45, 7) is 0. The number of pyridine rings is 1. The van der Waals surface area contributed by atoms with Crippen molar-refractivity contribution in [2.24, 2.45) is 0 Å². The van der Waals surface area contributed by atoms with Crippen molar-refractivity contribution >= 4 is 68.0 Å². The number of halogens is 3. The number of rotatable bonds is 5. The highest BCUT2D eigenvalue weighted by molar-refractivity contribution is 9.10. The van der Waals surface area contributed by atoms with Crippen molar-refractivity contribution in [3.8, 4) is 0 Å². The molecule has 0 aliphatic rings. The summed E-state index contributed by atoms with van der Waals surface area (Å²) >= 11 is 15.2. The Balaban J connectivity index is 1.98. The van der Waals surface area contributed by atoms with Gasteiger partial charge in [-0.15, -0.1) is 0 Å². The third-order valence-corrected chi connectivity index (χ3v) is 4.01. The summed E-state index contributed by atoms with van der Waals surface area (Å²) in [6.07, 6.45) is 2.76. The second-order valence-electron chi connectivity index (χ2n) is 4.95. The zero-order chi connectivity index (χ0) is 18.7. The first-order valence-electron chi connectivity index (χ1n) is 7.03. The largest absolute Gasteiger partial charge is 0.353 e. The Labute approximate surface area is 165 Å². The lowest BCUT2D eigenvalue weighted by atomic mass is 10.3. The third-order valence-electron chi connectivity index (χ3n) is 3.10. The maximum absolute atomic E-state index is 11.6. The smallest absolute Gasteiger partial charge is 0.334 e. The van der Waals surface area contributed by atoms with Crippen molar-refractivity contribution in [1.29, 1.82) is 0 Å². The van der Waals surface area contributed by atoms with Crippen LogP contribution in [-0.2, 0) is 0 Å². The first-order valence-corrected chi connectivity index (χ1v) is 8.58. The van der Waals surface area contributed by atoms with E-state index in [4.69, 9.17) is 23.2 Å². The van der Waals surface area contributed by atoms with Crippen LogP contribution < -0.4 is 10.6 Å². The number of anilines is 4. The minimum atomic E-state index is -0.588. The Kier molecular flexibility index (Phi) is 5.50. The average Bonchev–Trinajstić information content (AvgIpc) is 2.56. The highest BCUT2D eigenvalue weighted by atomic mass is 79.9. The number of hydrogen-bond acceptors (Lipinski definition) is 7. The number of benzene rings is 1. The zero-order valence-electron chi connectivity index (χ0n) is 12.8. The van der Waals surface area contributed by atoms with Crippen molar-refractivity contribution in [3.05, 3.63) is 67.5 Å². The molecule has 1 aromatic carbocycles. The minimum Gasteiger partial charge on any atom is -0.334 e. The Bertz CT molecular complexity index is 951. The molecule has 0 bridgehead atoms. The van der Waals surface area contributed by atoms with Crippen molar-refractivity contribution in [2.75, 3.05) is 10.6 Å². The molecule has 0 radical (unpaired) electrons. The molecule has 0 unspecified atom stereocenters. The highest BCUT2D eigenvalue weighted by Gasteiger charge is 2.23. The van der Waals surface area contributed by atoms with Gasteiger partial charge in [0, 0.05) is 26.4 Å². The Morgan fingerprint density at radius 1 is 1.00 bits per heavy atom. The number of nitro groups is 1. The predicted molar refractivity (Wildman–Crippen MR) is 104 cm³/mol. The lowest BCUT2D eigenvalue weighted by Gasteiger charge is -2.10. The van der Waals surface area contributed by atoms with Crippen LogP contribution in [0.25, 0.3) is 0 Å². The monoisotopic (exact) mass is 454 g/mol.